The van der Waals surface area contributed by atoms with Crippen LogP contribution in [0.3, 0.4) is 0 Å². The van der Waals surface area contributed by atoms with Gasteiger partial charge in [0.1, 0.15) is 5.54 Å². The molecule has 3 rings (SSSR count). The third-order valence-electron chi connectivity index (χ3n) is 5.94. The van der Waals surface area contributed by atoms with E-state index in [2.05, 4.69) is 19.2 Å². The lowest BCUT2D eigenvalue weighted by Gasteiger charge is -2.40. The maximum atomic E-state index is 12.0. The Balaban J connectivity index is 2.12. The molecule has 3 aliphatic rings. The van der Waals surface area contributed by atoms with Gasteiger partial charge in [-0.3, -0.25) is 4.79 Å². The number of rotatable bonds is 1. The second-order valence-corrected chi connectivity index (χ2v) is 5.94. The van der Waals surface area contributed by atoms with Crippen LogP contribution in [-0.4, -0.2) is 25.2 Å². The topological polar surface area (TPSA) is 38.3 Å². The Hall–Kier alpha value is -0.570. The summed E-state index contributed by atoms with van der Waals surface area (Å²) in [6.07, 6.45) is 3.43. The highest BCUT2D eigenvalue weighted by molar-refractivity contribution is 5.84. The summed E-state index contributed by atoms with van der Waals surface area (Å²) in [5, 5.41) is 3.46. The Morgan fingerprint density at radius 2 is 2.20 bits per heavy atom. The molecule has 0 aromatic carbocycles. The summed E-state index contributed by atoms with van der Waals surface area (Å²) in [7, 11) is 1.50. The quantitative estimate of drug-likeness (QED) is 0.662. The van der Waals surface area contributed by atoms with Crippen molar-refractivity contribution in [3.63, 3.8) is 0 Å². The van der Waals surface area contributed by atoms with E-state index >= 15 is 0 Å². The van der Waals surface area contributed by atoms with Gasteiger partial charge in [0.05, 0.1) is 7.11 Å². The molecule has 3 nitrogen and oxygen atoms in total. The summed E-state index contributed by atoms with van der Waals surface area (Å²) in [4.78, 5) is 12.0. The Bertz CT molecular complexity index is 343. The van der Waals surface area contributed by atoms with Crippen LogP contribution in [0.5, 0.6) is 0 Å². The molecule has 3 fully saturated rings. The van der Waals surface area contributed by atoms with Crippen molar-refractivity contribution in [1.82, 2.24) is 5.32 Å². The van der Waals surface area contributed by atoms with E-state index in [1.807, 2.05) is 0 Å². The Kier molecular flexibility index (Phi) is 1.54. The van der Waals surface area contributed by atoms with Crippen LogP contribution in [0.2, 0.25) is 0 Å². The number of hydrogen-bond acceptors (Lipinski definition) is 3. The first-order chi connectivity index (χ1) is 7.00. The second kappa shape index (κ2) is 2.40. The number of nitrogens with one attached hydrogen (secondary N) is 1. The minimum Gasteiger partial charge on any atom is -0.468 e. The lowest BCUT2D eigenvalue weighted by molar-refractivity contribution is -0.153. The molecule has 2 saturated carbocycles. The first-order valence-corrected chi connectivity index (χ1v) is 5.84. The van der Waals surface area contributed by atoms with Crippen molar-refractivity contribution in [3.8, 4) is 0 Å². The Morgan fingerprint density at radius 3 is 2.73 bits per heavy atom. The minimum atomic E-state index is -0.376. The number of piperidine rings is 1. The number of hydrogen-bond donors (Lipinski definition) is 1. The molecule has 2 aliphatic carbocycles. The molecule has 1 N–H and O–H groups in total. The largest absolute Gasteiger partial charge is 0.468 e. The average Bonchev–Trinajstić information content (AvgIpc) is 2.70. The van der Waals surface area contributed by atoms with Gasteiger partial charge in [0.2, 0.25) is 0 Å². The van der Waals surface area contributed by atoms with Crippen LogP contribution in [-0.2, 0) is 9.53 Å². The van der Waals surface area contributed by atoms with Crippen molar-refractivity contribution in [2.45, 2.75) is 38.6 Å². The lowest BCUT2D eigenvalue weighted by Crippen LogP contribution is -2.57. The van der Waals surface area contributed by atoms with Crippen LogP contribution in [0.25, 0.3) is 0 Å². The molecule has 0 amide bonds. The monoisotopic (exact) mass is 209 g/mol. The fourth-order valence-electron chi connectivity index (χ4n) is 4.64. The van der Waals surface area contributed by atoms with Gasteiger partial charge in [0.15, 0.2) is 0 Å². The summed E-state index contributed by atoms with van der Waals surface area (Å²) >= 11 is 0. The number of carbonyl (C=O) groups excluding carboxylic acids is 1. The van der Waals surface area contributed by atoms with Gasteiger partial charge in [-0.25, -0.2) is 0 Å². The van der Waals surface area contributed by atoms with Crippen LogP contribution in [0.4, 0.5) is 0 Å². The van der Waals surface area contributed by atoms with Gasteiger partial charge in [-0.1, -0.05) is 13.8 Å². The molecular formula is C12H19NO2. The number of ether oxygens (including phenoxy) is 1. The van der Waals surface area contributed by atoms with Gasteiger partial charge in [0.25, 0.3) is 0 Å². The van der Waals surface area contributed by atoms with Crippen molar-refractivity contribution < 1.29 is 9.53 Å². The maximum absolute atomic E-state index is 12.0. The van der Waals surface area contributed by atoms with E-state index < -0.39 is 0 Å². The van der Waals surface area contributed by atoms with E-state index in [1.54, 1.807) is 0 Å². The maximum Gasteiger partial charge on any atom is 0.326 e. The average molecular weight is 209 g/mol. The van der Waals surface area contributed by atoms with Gasteiger partial charge < -0.3 is 10.1 Å². The molecule has 0 spiro atoms. The summed E-state index contributed by atoms with van der Waals surface area (Å²) in [6.45, 7) is 5.59. The minimum absolute atomic E-state index is 0.0454. The fraction of sp³-hybridized carbons (Fsp3) is 0.917. The van der Waals surface area contributed by atoms with Crippen molar-refractivity contribution >= 4 is 5.97 Å². The van der Waals surface area contributed by atoms with E-state index in [4.69, 9.17) is 4.74 Å². The zero-order chi connectivity index (χ0) is 10.9. The molecule has 4 bridgehead atoms. The predicted octanol–water partition coefficient (Wildman–Crippen LogP) is 1.33. The zero-order valence-corrected chi connectivity index (χ0v) is 9.72. The van der Waals surface area contributed by atoms with E-state index in [1.165, 1.54) is 13.5 Å². The molecule has 1 aliphatic heterocycles. The third-order valence-corrected chi connectivity index (χ3v) is 5.94. The molecule has 4 atom stereocenters. The smallest absolute Gasteiger partial charge is 0.326 e. The predicted molar refractivity (Wildman–Crippen MR) is 56.3 cm³/mol. The van der Waals surface area contributed by atoms with Gasteiger partial charge in [-0.2, -0.15) is 0 Å². The normalized spacial score (nSPS) is 56.1. The molecule has 3 heteroatoms. The number of esters is 1. The van der Waals surface area contributed by atoms with Crippen molar-refractivity contribution in [2.24, 2.45) is 16.7 Å². The highest BCUT2D eigenvalue weighted by Crippen LogP contribution is 2.72. The number of carbonyl (C=O) groups is 1. The zero-order valence-electron chi connectivity index (χ0n) is 9.72. The first kappa shape index (κ1) is 9.64. The van der Waals surface area contributed by atoms with E-state index in [0.29, 0.717) is 11.3 Å². The molecule has 1 saturated heterocycles. The Labute approximate surface area is 90.6 Å². The molecule has 0 unspecified atom stereocenters. The van der Waals surface area contributed by atoms with Crippen LogP contribution in [0, 0.1) is 16.7 Å². The third kappa shape index (κ3) is 0.718. The van der Waals surface area contributed by atoms with Crippen LogP contribution in [0.1, 0.15) is 33.1 Å². The second-order valence-electron chi connectivity index (χ2n) is 5.94. The molecular weight excluding hydrogens is 190 g/mol. The fourth-order valence-corrected chi connectivity index (χ4v) is 4.64. The highest BCUT2D eigenvalue weighted by atomic mass is 16.5. The summed E-state index contributed by atoms with van der Waals surface area (Å²) in [6, 6.07) is 0. The van der Waals surface area contributed by atoms with Crippen molar-refractivity contribution in [1.29, 1.82) is 0 Å². The van der Waals surface area contributed by atoms with E-state index in [9.17, 15) is 4.79 Å². The van der Waals surface area contributed by atoms with Crippen molar-refractivity contribution in [2.75, 3.05) is 13.7 Å². The van der Waals surface area contributed by atoms with Crippen LogP contribution >= 0.6 is 0 Å². The molecule has 1 heterocycles. The SMILES string of the molecule is COC(=O)[C@@]12C[C@@H]3CC[C@]1(C)[C@@]3(C)CN2. The summed E-state index contributed by atoms with van der Waals surface area (Å²) < 4.78 is 5.02. The van der Waals surface area contributed by atoms with Crippen LogP contribution < -0.4 is 5.32 Å². The highest BCUT2D eigenvalue weighted by Gasteiger charge is 2.77. The van der Waals surface area contributed by atoms with Gasteiger partial charge in [-0.15, -0.1) is 0 Å². The standard InChI is InChI=1S/C12H19NO2/c1-10-7-13-12(9(14)15-3)6-8(10)4-5-11(10,12)2/h8,13H,4-7H2,1-3H3/t8-,10-,11+,12-/m0/s1. The molecule has 0 aromatic heterocycles. The molecule has 84 valence electrons. The summed E-state index contributed by atoms with van der Waals surface area (Å²) in [5.74, 6) is 0.666. The van der Waals surface area contributed by atoms with Crippen LogP contribution in [0.15, 0.2) is 0 Å². The van der Waals surface area contributed by atoms with Gasteiger partial charge in [-0.05, 0) is 30.6 Å². The Morgan fingerprint density at radius 1 is 1.47 bits per heavy atom. The van der Waals surface area contributed by atoms with E-state index in [0.717, 1.165) is 19.4 Å². The summed E-state index contributed by atoms with van der Waals surface area (Å²) in [5.41, 5.74) is 0.0400. The van der Waals surface area contributed by atoms with Gasteiger partial charge >= 0.3 is 5.97 Å². The lowest BCUT2D eigenvalue weighted by atomic mass is 9.66. The molecule has 0 radical (unpaired) electrons. The first-order valence-electron chi connectivity index (χ1n) is 5.84. The molecule has 0 aromatic rings. The van der Waals surface area contributed by atoms with E-state index in [-0.39, 0.29) is 16.9 Å². The van der Waals surface area contributed by atoms with Gasteiger partial charge in [0, 0.05) is 12.0 Å². The number of methoxy groups -OCH3 is 1. The van der Waals surface area contributed by atoms with Crippen molar-refractivity contribution in [3.05, 3.63) is 0 Å². The molecule has 15 heavy (non-hydrogen) atoms.